The van der Waals surface area contributed by atoms with Crippen molar-refractivity contribution in [3.8, 4) is 0 Å². The third kappa shape index (κ3) is 16.1. The summed E-state index contributed by atoms with van der Waals surface area (Å²) in [6.07, 6.45) is 1.12. The molecule has 15 heavy (non-hydrogen) atoms. The van der Waals surface area contributed by atoms with Crippen LogP contribution in [-0.2, 0) is 4.79 Å². The number of nitrogens with zero attached hydrogens (tertiary/aromatic N) is 1. The van der Waals surface area contributed by atoms with Gasteiger partial charge >= 0.3 is 0 Å². The first-order valence-corrected chi connectivity index (χ1v) is 5.14. The van der Waals surface area contributed by atoms with Crippen molar-refractivity contribution in [1.29, 1.82) is 0 Å². The second-order valence-electron chi connectivity index (χ2n) is 3.58. The van der Waals surface area contributed by atoms with Crippen molar-refractivity contribution in [1.82, 2.24) is 4.90 Å². The van der Waals surface area contributed by atoms with E-state index in [0.29, 0.717) is 19.0 Å². The van der Waals surface area contributed by atoms with Gasteiger partial charge in [0.05, 0.1) is 13.2 Å². The smallest absolute Gasteiger partial charge is 0.290 e. The average Bonchev–Trinajstić information content (AvgIpc) is 2.16. The fraction of sp³-hybridized carbons (Fsp3) is 0.900. The zero-order valence-corrected chi connectivity index (χ0v) is 9.59. The van der Waals surface area contributed by atoms with Crippen LogP contribution in [0.1, 0.15) is 20.3 Å². The number of aliphatic hydroxyl groups excluding tert-OH is 2. The lowest BCUT2D eigenvalue weighted by Gasteiger charge is -2.20. The Hall–Kier alpha value is -0.650. The third-order valence-electron chi connectivity index (χ3n) is 1.86. The van der Waals surface area contributed by atoms with Crippen LogP contribution >= 0.6 is 0 Å². The summed E-state index contributed by atoms with van der Waals surface area (Å²) in [5.74, 6) is 0.685. The quantitative estimate of drug-likeness (QED) is 0.528. The van der Waals surface area contributed by atoms with Gasteiger partial charge in [0.15, 0.2) is 0 Å². The molecule has 0 saturated carbocycles. The molecule has 0 bridgehead atoms. The van der Waals surface area contributed by atoms with Crippen molar-refractivity contribution in [2.75, 3.05) is 32.8 Å². The molecule has 0 unspecified atom stereocenters. The Balaban J connectivity index is 0. The fourth-order valence-electron chi connectivity index (χ4n) is 1.06. The summed E-state index contributed by atoms with van der Waals surface area (Å²) >= 11 is 0. The molecular weight excluding hydrogens is 198 g/mol. The van der Waals surface area contributed by atoms with E-state index in [1.54, 1.807) is 0 Å². The lowest BCUT2D eigenvalue weighted by atomic mass is 10.1. The maximum Gasteiger partial charge on any atom is 0.290 e. The molecule has 0 aliphatic carbocycles. The summed E-state index contributed by atoms with van der Waals surface area (Å²) in [5, 5.41) is 24.3. The van der Waals surface area contributed by atoms with Gasteiger partial charge in [-0.1, -0.05) is 13.8 Å². The molecule has 5 nitrogen and oxygen atoms in total. The molecule has 0 heterocycles. The topological polar surface area (TPSA) is 81.0 Å². The van der Waals surface area contributed by atoms with Crippen LogP contribution in [0.15, 0.2) is 0 Å². The van der Waals surface area contributed by atoms with Gasteiger partial charge in [-0.25, -0.2) is 0 Å². The Labute approximate surface area is 91.3 Å². The van der Waals surface area contributed by atoms with Gasteiger partial charge in [-0.15, -0.1) is 0 Å². The molecule has 0 amide bonds. The number of rotatable bonds is 7. The molecule has 5 heteroatoms. The van der Waals surface area contributed by atoms with Gasteiger partial charge in [0.2, 0.25) is 0 Å². The molecule has 0 spiro atoms. The zero-order valence-electron chi connectivity index (χ0n) is 9.59. The standard InChI is InChI=1S/C9H21NO2.CH2O2/c1-9(2)3-4-10(5-7-11)6-8-12;2-1-3/h9,11-12H,3-8H2,1-2H3;1H,(H,2,3). The number of carboxylic acid groups (broad SMARTS) is 1. The zero-order chi connectivity index (χ0) is 12.1. The van der Waals surface area contributed by atoms with Gasteiger partial charge in [-0.05, 0) is 18.9 Å². The molecule has 0 radical (unpaired) electrons. The van der Waals surface area contributed by atoms with Gasteiger partial charge in [-0.2, -0.15) is 0 Å². The molecule has 0 rings (SSSR count). The van der Waals surface area contributed by atoms with E-state index < -0.39 is 0 Å². The van der Waals surface area contributed by atoms with Crippen LogP contribution in [0.25, 0.3) is 0 Å². The van der Waals surface area contributed by atoms with Crippen LogP contribution in [0.2, 0.25) is 0 Å². The molecule has 0 aromatic rings. The number of hydrogen-bond donors (Lipinski definition) is 3. The highest BCUT2D eigenvalue weighted by atomic mass is 16.3. The number of hydrogen-bond acceptors (Lipinski definition) is 4. The highest BCUT2D eigenvalue weighted by Crippen LogP contribution is 2.01. The lowest BCUT2D eigenvalue weighted by molar-refractivity contribution is -0.122. The van der Waals surface area contributed by atoms with Crippen molar-refractivity contribution >= 4 is 6.47 Å². The van der Waals surface area contributed by atoms with Gasteiger partial charge in [0.1, 0.15) is 0 Å². The van der Waals surface area contributed by atoms with Crippen LogP contribution in [0, 0.1) is 5.92 Å². The van der Waals surface area contributed by atoms with Crippen molar-refractivity contribution in [3.05, 3.63) is 0 Å². The fourth-order valence-corrected chi connectivity index (χ4v) is 1.06. The van der Waals surface area contributed by atoms with Crippen LogP contribution in [0.5, 0.6) is 0 Å². The highest BCUT2D eigenvalue weighted by Gasteiger charge is 2.03. The SMILES string of the molecule is CC(C)CCN(CCO)CCO.O=CO. The summed E-state index contributed by atoms with van der Waals surface area (Å²) in [6, 6.07) is 0. The molecule has 3 N–H and O–H groups in total. The predicted octanol–water partition coefficient (Wildman–Crippen LogP) is 0.0199. The van der Waals surface area contributed by atoms with Crippen molar-refractivity contribution in [2.45, 2.75) is 20.3 Å². The van der Waals surface area contributed by atoms with Crippen molar-refractivity contribution in [3.63, 3.8) is 0 Å². The molecule has 0 aromatic heterocycles. The molecular formula is C10H23NO4. The molecule has 0 atom stereocenters. The Morgan fingerprint density at radius 2 is 1.53 bits per heavy atom. The average molecular weight is 221 g/mol. The van der Waals surface area contributed by atoms with Gasteiger partial charge in [0.25, 0.3) is 6.47 Å². The number of carbonyl (C=O) groups is 1. The first-order chi connectivity index (χ1) is 7.12. The minimum Gasteiger partial charge on any atom is -0.483 e. The van der Waals surface area contributed by atoms with Gasteiger partial charge < -0.3 is 15.3 Å². The molecule has 0 aliphatic rings. The monoisotopic (exact) mass is 221 g/mol. The minimum atomic E-state index is -0.250. The predicted molar refractivity (Wildman–Crippen MR) is 58.8 cm³/mol. The first-order valence-electron chi connectivity index (χ1n) is 5.14. The van der Waals surface area contributed by atoms with E-state index in [9.17, 15) is 0 Å². The third-order valence-corrected chi connectivity index (χ3v) is 1.86. The minimum absolute atomic E-state index is 0.179. The second-order valence-corrected chi connectivity index (χ2v) is 3.58. The summed E-state index contributed by atoms with van der Waals surface area (Å²) in [7, 11) is 0. The Bertz CT molecular complexity index is 125. The molecule has 0 aliphatic heterocycles. The number of aliphatic hydroxyl groups is 2. The maximum absolute atomic E-state index is 8.71. The maximum atomic E-state index is 8.71. The summed E-state index contributed by atoms with van der Waals surface area (Å²) in [5.41, 5.74) is 0. The van der Waals surface area contributed by atoms with Crippen molar-refractivity contribution < 1.29 is 20.1 Å². The van der Waals surface area contributed by atoms with E-state index in [0.717, 1.165) is 13.0 Å². The van der Waals surface area contributed by atoms with Crippen LogP contribution < -0.4 is 0 Å². The van der Waals surface area contributed by atoms with Gasteiger partial charge in [-0.3, -0.25) is 9.69 Å². The van der Waals surface area contributed by atoms with E-state index >= 15 is 0 Å². The molecule has 0 aromatic carbocycles. The van der Waals surface area contributed by atoms with E-state index in [2.05, 4.69) is 18.7 Å². The second kappa shape index (κ2) is 13.4. The van der Waals surface area contributed by atoms with Gasteiger partial charge in [0, 0.05) is 13.1 Å². The largest absolute Gasteiger partial charge is 0.483 e. The van der Waals surface area contributed by atoms with Crippen LogP contribution in [-0.4, -0.2) is 59.5 Å². The van der Waals surface area contributed by atoms with E-state index in [1.807, 2.05) is 0 Å². The first kappa shape index (κ1) is 16.8. The Kier molecular flexibility index (Phi) is 14.9. The van der Waals surface area contributed by atoms with Crippen LogP contribution in [0.4, 0.5) is 0 Å². The summed E-state index contributed by atoms with van der Waals surface area (Å²) < 4.78 is 0. The van der Waals surface area contributed by atoms with E-state index in [1.165, 1.54) is 0 Å². The van der Waals surface area contributed by atoms with Crippen molar-refractivity contribution in [2.24, 2.45) is 5.92 Å². The van der Waals surface area contributed by atoms with E-state index in [4.69, 9.17) is 20.1 Å². The normalized spacial score (nSPS) is 10.0. The van der Waals surface area contributed by atoms with Crippen LogP contribution in [0.3, 0.4) is 0 Å². The summed E-state index contributed by atoms with van der Waals surface area (Å²) in [4.78, 5) is 10.4. The summed E-state index contributed by atoms with van der Waals surface area (Å²) in [6.45, 7) is 6.78. The highest BCUT2D eigenvalue weighted by molar-refractivity contribution is 5.32. The Morgan fingerprint density at radius 1 is 1.13 bits per heavy atom. The molecule has 92 valence electrons. The van der Waals surface area contributed by atoms with E-state index in [-0.39, 0.29) is 19.7 Å². The molecule has 0 fully saturated rings. The molecule has 0 saturated heterocycles. The lowest BCUT2D eigenvalue weighted by Crippen LogP contribution is -2.31. The Morgan fingerprint density at radius 3 is 1.80 bits per heavy atom.